The molecule has 5 rings (SSSR count). The Labute approximate surface area is 221 Å². The average Bonchev–Trinajstić information content (AvgIpc) is 3.31. The third-order valence-electron chi connectivity index (χ3n) is 5.57. The van der Waals surface area contributed by atoms with Crippen molar-refractivity contribution in [1.29, 1.82) is 0 Å². The monoisotopic (exact) mass is 538 g/mol. The van der Waals surface area contributed by atoms with Crippen molar-refractivity contribution in [2.45, 2.75) is 4.34 Å². The van der Waals surface area contributed by atoms with E-state index in [1.54, 1.807) is 18.2 Å². The van der Waals surface area contributed by atoms with Crippen molar-refractivity contribution in [3.8, 4) is 0 Å². The molecule has 0 radical (unpaired) electrons. The number of benzene rings is 3. The number of ether oxygens (including phenoxy) is 1. The van der Waals surface area contributed by atoms with Crippen LogP contribution < -0.4 is 15.5 Å². The number of carbonyl (C=O) groups is 2. The van der Waals surface area contributed by atoms with Crippen LogP contribution in [-0.2, 0) is 9.53 Å². The van der Waals surface area contributed by atoms with Crippen molar-refractivity contribution in [2.75, 3.05) is 47.6 Å². The highest BCUT2D eigenvalue weighted by atomic mass is 35.5. The lowest BCUT2D eigenvalue weighted by atomic mass is 10.2. The molecule has 1 aliphatic heterocycles. The van der Waals surface area contributed by atoms with E-state index in [1.807, 2.05) is 48.5 Å². The fourth-order valence-corrected chi connectivity index (χ4v) is 6.01. The van der Waals surface area contributed by atoms with Crippen LogP contribution in [0, 0.1) is 0 Å². The van der Waals surface area contributed by atoms with Gasteiger partial charge >= 0.3 is 0 Å². The van der Waals surface area contributed by atoms with Crippen LogP contribution in [0.4, 0.5) is 17.1 Å². The lowest BCUT2D eigenvalue weighted by molar-refractivity contribution is -0.113. The summed E-state index contributed by atoms with van der Waals surface area (Å²) in [5.41, 5.74) is 3.73. The number of rotatable bonds is 7. The number of fused-ring (bicyclic) bond motifs is 1. The normalized spacial score (nSPS) is 13.5. The van der Waals surface area contributed by atoms with Crippen LogP contribution in [0.15, 0.2) is 71.1 Å². The van der Waals surface area contributed by atoms with E-state index in [2.05, 4.69) is 20.5 Å². The van der Waals surface area contributed by atoms with Crippen molar-refractivity contribution in [3.63, 3.8) is 0 Å². The van der Waals surface area contributed by atoms with Gasteiger partial charge in [-0.15, -0.1) is 11.3 Å². The number of hydrogen-bond donors (Lipinski definition) is 2. The molecule has 2 amide bonds. The highest BCUT2D eigenvalue weighted by Gasteiger charge is 2.15. The van der Waals surface area contributed by atoms with Gasteiger partial charge in [0.05, 0.1) is 39.9 Å². The minimum Gasteiger partial charge on any atom is -0.378 e. The van der Waals surface area contributed by atoms with Gasteiger partial charge in [0.1, 0.15) is 0 Å². The van der Waals surface area contributed by atoms with Crippen LogP contribution in [0.25, 0.3) is 10.2 Å². The quantitative estimate of drug-likeness (QED) is 0.291. The Hall–Kier alpha value is -3.11. The summed E-state index contributed by atoms with van der Waals surface area (Å²) in [6, 6.07) is 20.2. The number of hydrogen-bond acceptors (Lipinski definition) is 7. The van der Waals surface area contributed by atoms with Crippen molar-refractivity contribution in [3.05, 3.63) is 77.3 Å². The predicted octanol–water partition coefficient (Wildman–Crippen LogP) is 5.77. The van der Waals surface area contributed by atoms with Gasteiger partial charge in [0, 0.05) is 30.0 Å². The zero-order chi connectivity index (χ0) is 24.9. The number of aromatic nitrogens is 1. The molecular formula is C26H23ClN4O3S2. The standard InChI is InChI=1S/C26H23ClN4O3S2/c27-20-14-18(7-9-22(20)31-10-12-34-13-11-31)28-24(32)16-35-26-30-21-8-6-19(15-23(21)36-26)29-25(33)17-4-2-1-3-5-17/h1-9,14-15H,10-13,16H2,(H,28,32)(H,29,33). The molecule has 0 saturated carbocycles. The van der Waals surface area contributed by atoms with Crippen LogP contribution in [-0.4, -0.2) is 48.9 Å². The second kappa shape index (κ2) is 11.3. The molecule has 1 fully saturated rings. The number of thioether (sulfide) groups is 1. The number of carbonyl (C=O) groups excluding carboxylic acids is 2. The summed E-state index contributed by atoms with van der Waals surface area (Å²) < 4.78 is 7.12. The Morgan fingerprint density at radius 1 is 1.00 bits per heavy atom. The van der Waals surface area contributed by atoms with Gasteiger partial charge in [0.25, 0.3) is 5.91 Å². The van der Waals surface area contributed by atoms with Gasteiger partial charge in [-0.2, -0.15) is 0 Å². The largest absolute Gasteiger partial charge is 0.378 e. The first kappa shape index (κ1) is 24.6. The maximum absolute atomic E-state index is 12.5. The number of anilines is 3. The molecule has 2 heterocycles. The molecule has 0 spiro atoms. The van der Waals surface area contributed by atoms with Crippen LogP contribution >= 0.6 is 34.7 Å². The van der Waals surface area contributed by atoms with Gasteiger partial charge in [-0.25, -0.2) is 4.98 Å². The SMILES string of the molecule is O=C(CSc1nc2ccc(NC(=O)c3ccccc3)cc2s1)Nc1ccc(N2CCOCC2)c(Cl)c1. The number of morpholine rings is 1. The number of thiazole rings is 1. The number of halogens is 1. The summed E-state index contributed by atoms with van der Waals surface area (Å²) in [6.07, 6.45) is 0. The minimum atomic E-state index is -0.163. The third kappa shape index (κ3) is 5.99. The molecule has 10 heteroatoms. The molecule has 0 atom stereocenters. The highest BCUT2D eigenvalue weighted by Crippen LogP contribution is 2.32. The first-order chi connectivity index (χ1) is 17.5. The smallest absolute Gasteiger partial charge is 0.255 e. The Morgan fingerprint density at radius 3 is 2.53 bits per heavy atom. The van der Waals surface area contributed by atoms with E-state index in [4.69, 9.17) is 16.3 Å². The Bertz CT molecular complexity index is 1390. The number of amides is 2. The summed E-state index contributed by atoms with van der Waals surface area (Å²) in [4.78, 5) is 31.7. The Balaban J connectivity index is 1.17. The van der Waals surface area contributed by atoms with E-state index < -0.39 is 0 Å². The molecule has 2 N–H and O–H groups in total. The van der Waals surface area contributed by atoms with Crippen molar-refractivity contribution in [2.24, 2.45) is 0 Å². The second-order valence-corrected chi connectivity index (χ2v) is 10.7. The van der Waals surface area contributed by atoms with E-state index in [1.165, 1.54) is 23.1 Å². The molecule has 1 saturated heterocycles. The van der Waals surface area contributed by atoms with Crippen LogP contribution in [0.5, 0.6) is 0 Å². The molecule has 0 aliphatic carbocycles. The van der Waals surface area contributed by atoms with Gasteiger partial charge < -0.3 is 20.3 Å². The highest BCUT2D eigenvalue weighted by molar-refractivity contribution is 8.01. The molecule has 1 aliphatic rings. The number of nitrogens with zero attached hydrogens (tertiary/aromatic N) is 2. The van der Waals surface area contributed by atoms with E-state index >= 15 is 0 Å². The van der Waals surface area contributed by atoms with Crippen LogP contribution in [0.1, 0.15) is 10.4 Å². The summed E-state index contributed by atoms with van der Waals surface area (Å²) in [5, 5.41) is 6.42. The van der Waals surface area contributed by atoms with Gasteiger partial charge in [0.15, 0.2) is 4.34 Å². The molecule has 7 nitrogen and oxygen atoms in total. The lowest BCUT2D eigenvalue weighted by Gasteiger charge is -2.29. The molecule has 4 aromatic rings. The minimum absolute atomic E-state index is 0.134. The molecule has 36 heavy (non-hydrogen) atoms. The molecule has 1 aromatic heterocycles. The van der Waals surface area contributed by atoms with E-state index in [0.717, 1.165) is 33.3 Å². The van der Waals surface area contributed by atoms with Crippen LogP contribution in [0.2, 0.25) is 5.02 Å². The van der Waals surface area contributed by atoms with E-state index in [9.17, 15) is 9.59 Å². The fourth-order valence-electron chi connectivity index (χ4n) is 3.81. The molecule has 0 bridgehead atoms. The van der Waals surface area contributed by atoms with Crippen molar-refractivity contribution in [1.82, 2.24) is 4.98 Å². The first-order valence-corrected chi connectivity index (χ1v) is 13.5. The van der Waals surface area contributed by atoms with Gasteiger partial charge in [-0.3, -0.25) is 9.59 Å². The summed E-state index contributed by atoms with van der Waals surface area (Å²) >= 11 is 9.33. The summed E-state index contributed by atoms with van der Waals surface area (Å²) in [7, 11) is 0. The second-order valence-electron chi connectivity index (χ2n) is 8.08. The average molecular weight is 539 g/mol. The van der Waals surface area contributed by atoms with Gasteiger partial charge in [-0.05, 0) is 48.5 Å². The number of nitrogens with one attached hydrogen (secondary N) is 2. The Kier molecular flexibility index (Phi) is 7.72. The maximum Gasteiger partial charge on any atom is 0.255 e. The van der Waals surface area contributed by atoms with Gasteiger partial charge in [-0.1, -0.05) is 41.6 Å². The molecule has 184 valence electrons. The molecular weight excluding hydrogens is 516 g/mol. The lowest BCUT2D eigenvalue weighted by Crippen LogP contribution is -2.36. The molecule has 3 aromatic carbocycles. The summed E-state index contributed by atoms with van der Waals surface area (Å²) in [6.45, 7) is 2.96. The third-order valence-corrected chi connectivity index (χ3v) is 8.04. The maximum atomic E-state index is 12.5. The zero-order valence-corrected chi connectivity index (χ0v) is 21.6. The predicted molar refractivity (Wildman–Crippen MR) is 148 cm³/mol. The molecule has 0 unspecified atom stereocenters. The van der Waals surface area contributed by atoms with Crippen LogP contribution in [0.3, 0.4) is 0 Å². The Morgan fingerprint density at radius 2 is 1.75 bits per heavy atom. The van der Waals surface area contributed by atoms with Crippen molar-refractivity contribution >= 4 is 73.8 Å². The van der Waals surface area contributed by atoms with Crippen molar-refractivity contribution < 1.29 is 14.3 Å². The van der Waals surface area contributed by atoms with E-state index in [-0.39, 0.29) is 17.6 Å². The fraction of sp³-hybridized carbons (Fsp3) is 0.192. The first-order valence-electron chi connectivity index (χ1n) is 11.4. The summed E-state index contributed by atoms with van der Waals surface area (Å²) in [5.74, 6) is -0.0747. The van der Waals surface area contributed by atoms with Gasteiger partial charge in [0.2, 0.25) is 5.91 Å². The zero-order valence-electron chi connectivity index (χ0n) is 19.2. The topological polar surface area (TPSA) is 83.6 Å². The van der Waals surface area contributed by atoms with E-state index in [0.29, 0.717) is 35.2 Å².